The van der Waals surface area contributed by atoms with E-state index >= 15 is 0 Å². The molecule has 102 valence electrons. The van der Waals surface area contributed by atoms with Gasteiger partial charge in [0.25, 0.3) is 0 Å². The Balaban J connectivity index is 2.49. The monoisotopic (exact) mass is 254 g/mol. The number of hydrogen-bond acceptors (Lipinski definition) is 4. The molecule has 0 aliphatic carbocycles. The molecule has 0 aromatic heterocycles. The number of likely N-dealkylation sites (tertiary alicyclic amines) is 1. The molecule has 18 heavy (non-hydrogen) atoms. The number of nitriles is 1. The van der Waals surface area contributed by atoms with Gasteiger partial charge in [-0.2, -0.15) is 5.26 Å². The summed E-state index contributed by atoms with van der Waals surface area (Å²) in [5.41, 5.74) is -0.512. The van der Waals surface area contributed by atoms with Crippen molar-refractivity contribution in [3.05, 3.63) is 0 Å². The van der Waals surface area contributed by atoms with E-state index in [1.54, 1.807) is 31.0 Å². The van der Waals surface area contributed by atoms with E-state index in [1.807, 2.05) is 0 Å². The van der Waals surface area contributed by atoms with Crippen molar-refractivity contribution in [2.45, 2.75) is 18.4 Å². The van der Waals surface area contributed by atoms with Crippen molar-refractivity contribution >= 4 is 6.03 Å². The fraction of sp³-hybridized carbons (Fsp3) is 0.833. The maximum atomic E-state index is 11.8. The van der Waals surface area contributed by atoms with Gasteiger partial charge in [0.15, 0.2) is 0 Å². The Morgan fingerprint density at radius 2 is 2.11 bits per heavy atom. The highest BCUT2D eigenvalue weighted by molar-refractivity contribution is 5.74. The Kier molecular flexibility index (Phi) is 5.38. The van der Waals surface area contributed by atoms with E-state index in [0.717, 1.165) is 0 Å². The van der Waals surface area contributed by atoms with Crippen LogP contribution in [-0.2, 0) is 4.74 Å². The SMILES string of the molecule is COCCNC1(C#N)CCN(C(=O)N(C)C)CC1. The highest BCUT2D eigenvalue weighted by Crippen LogP contribution is 2.22. The third kappa shape index (κ3) is 3.59. The molecule has 0 bridgehead atoms. The van der Waals surface area contributed by atoms with Gasteiger partial charge < -0.3 is 14.5 Å². The number of nitrogens with one attached hydrogen (secondary N) is 1. The summed E-state index contributed by atoms with van der Waals surface area (Å²) in [5, 5.41) is 12.5. The minimum Gasteiger partial charge on any atom is -0.383 e. The Morgan fingerprint density at radius 1 is 1.50 bits per heavy atom. The summed E-state index contributed by atoms with van der Waals surface area (Å²) in [6.45, 7) is 2.48. The number of urea groups is 1. The molecular weight excluding hydrogens is 232 g/mol. The first-order valence-corrected chi connectivity index (χ1v) is 6.16. The number of piperidine rings is 1. The Labute approximate surface area is 108 Å². The molecule has 1 saturated heterocycles. The first kappa shape index (κ1) is 14.7. The highest BCUT2D eigenvalue weighted by atomic mass is 16.5. The van der Waals surface area contributed by atoms with Crippen molar-refractivity contribution in [1.82, 2.24) is 15.1 Å². The van der Waals surface area contributed by atoms with Crippen LogP contribution in [-0.4, -0.2) is 68.8 Å². The van der Waals surface area contributed by atoms with E-state index in [0.29, 0.717) is 39.1 Å². The van der Waals surface area contributed by atoms with E-state index in [1.165, 1.54) is 0 Å². The fourth-order valence-electron chi connectivity index (χ4n) is 2.08. The third-order valence-electron chi connectivity index (χ3n) is 3.25. The molecule has 1 aliphatic rings. The van der Waals surface area contributed by atoms with Crippen molar-refractivity contribution in [2.24, 2.45) is 0 Å². The number of rotatable bonds is 4. The van der Waals surface area contributed by atoms with Crippen LogP contribution in [0, 0.1) is 11.3 Å². The van der Waals surface area contributed by atoms with Crippen molar-refractivity contribution in [1.29, 1.82) is 5.26 Å². The molecule has 0 aromatic carbocycles. The minimum absolute atomic E-state index is 0.0124. The van der Waals surface area contributed by atoms with Crippen molar-refractivity contribution in [3.63, 3.8) is 0 Å². The zero-order valence-corrected chi connectivity index (χ0v) is 11.4. The molecule has 1 rings (SSSR count). The lowest BCUT2D eigenvalue weighted by atomic mass is 9.89. The van der Waals surface area contributed by atoms with E-state index in [2.05, 4.69) is 11.4 Å². The van der Waals surface area contributed by atoms with Gasteiger partial charge in [-0.1, -0.05) is 0 Å². The lowest BCUT2D eigenvalue weighted by Gasteiger charge is -2.38. The molecule has 1 fully saturated rings. The Hall–Kier alpha value is -1.32. The molecule has 0 radical (unpaired) electrons. The number of carbonyl (C=O) groups is 1. The third-order valence-corrected chi connectivity index (χ3v) is 3.25. The van der Waals surface area contributed by atoms with Crippen LogP contribution in [0.1, 0.15) is 12.8 Å². The Morgan fingerprint density at radius 3 is 2.56 bits per heavy atom. The summed E-state index contributed by atoms with van der Waals surface area (Å²) in [5.74, 6) is 0. The van der Waals surface area contributed by atoms with Crippen LogP contribution < -0.4 is 5.32 Å². The van der Waals surface area contributed by atoms with Crippen molar-refractivity contribution < 1.29 is 9.53 Å². The standard InChI is InChI=1S/C12H22N4O2/c1-15(2)11(17)16-7-4-12(10-13,5-8-16)14-6-9-18-3/h14H,4-9H2,1-3H3. The molecule has 6 nitrogen and oxygen atoms in total. The average molecular weight is 254 g/mol. The van der Waals surface area contributed by atoms with Gasteiger partial charge in [0.1, 0.15) is 5.54 Å². The van der Waals surface area contributed by atoms with Crippen LogP contribution in [0.25, 0.3) is 0 Å². The molecule has 0 saturated carbocycles. The molecule has 1 aliphatic heterocycles. The molecule has 0 aromatic rings. The number of methoxy groups -OCH3 is 1. The largest absolute Gasteiger partial charge is 0.383 e. The summed E-state index contributed by atoms with van der Waals surface area (Å²) in [4.78, 5) is 15.1. The highest BCUT2D eigenvalue weighted by Gasteiger charge is 2.35. The number of nitrogens with zero attached hydrogens (tertiary/aromatic N) is 3. The van der Waals surface area contributed by atoms with Gasteiger partial charge >= 0.3 is 6.03 Å². The molecule has 0 spiro atoms. The smallest absolute Gasteiger partial charge is 0.319 e. The lowest BCUT2D eigenvalue weighted by Crippen LogP contribution is -2.55. The minimum atomic E-state index is -0.512. The number of amides is 2. The average Bonchev–Trinajstić information content (AvgIpc) is 2.39. The first-order valence-electron chi connectivity index (χ1n) is 6.16. The van der Waals surface area contributed by atoms with E-state index in [-0.39, 0.29) is 6.03 Å². The maximum absolute atomic E-state index is 11.8. The van der Waals surface area contributed by atoms with Gasteiger partial charge in [-0.3, -0.25) is 5.32 Å². The van der Waals surface area contributed by atoms with E-state index < -0.39 is 5.54 Å². The second-order valence-corrected chi connectivity index (χ2v) is 4.78. The van der Waals surface area contributed by atoms with Crippen LogP contribution in [0.4, 0.5) is 4.79 Å². The quantitative estimate of drug-likeness (QED) is 0.731. The molecular formula is C12H22N4O2. The number of ether oxygens (including phenoxy) is 1. The van der Waals surface area contributed by atoms with Crippen LogP contribution in [0.5, 0.6) is 0 Å². The summed E-state index contributed by atoms with van der Waals surface area (Å²) >= 11 is 0. The number of carbonyl (C=O) groups excluding carboxylic acids is 1. The summed E-state index contributed by atoms with van der Waals surface area (Å²) in [6, 6.07) is 2.36. The number of hydrogen-bond donors (Lipinski definition) is 1. The molecule has 1 N–H and O–H groups in total. The van der Waals surface area contributed by atoms with Crippen LogP contribution >= 0.6 is 0 Å². The molecule has 2 amide bonds. The van der Waals surface area contributed by atoms with Crippen molar-refractivity contribution in [3.8, 4) is 6.07 Å². The maximum Gasteiger partial charge on any atom is 0.319 e. The second-order valence-electron chi connectivity index (χ2n) is 4.78. The van der Waals surface area contributed by atoms with Crippen LogP contribution in [0.15, 0.2) is 0 Å². The van der Waals surface area contributed by atoms with Gasteiger partial charge in [-0.15, -0.1) is 0 Å². The predicted molar refractivity (Wildman–Crippen MR) is 68.1 cm³/mol. The predicted octanol–water partition coefficient (Wildman–Crippen LogP) is 0.262. The van der Waals surface area contributed by atoms with Gasteiger partial charge in [-0.05, 0) is 12.8 Å². The van der Waals surface area contributed by atoms with E-state index in [9.17, 15) is 10.1 Å². The van der Waals surface area contributed by atoms with E-state index in [4.69, 9.17) is 4.74 Å². The van der Waals surface area contributed by atoms with Gasteiger partial charge in [0.05, 0.1) is 12.7 Å². The molecule has 0 atom stereocenters. The zero-order chi connectivity index (χ0) is 13.6. The molecule has 6 heteroatoms. The summed E-state index contributed by atoms with van der Waals surface area (Å²) in [7, 11) is 5.12. The van der Waals surface area contributed by atoms with Crippen LogP contribution in [0.3, 0.4) is 0 Å². The van der Waals surface area contributed by atoms with Crippen LogP contribution in [0.2, 0.25) is 0 Å². The first-order chi connectivity index (χ1) is 8.54. The molecule has 1 heterocycles. The van der Waals surface area contributed by atoms with Gasteiger partial charge in [0, 0.05) is 40.8 Å². The summed E-state index contributed by atoms with van der Waals surface area (Å²) < 4.78 is 4.97. The molecule has 0 unspecified atom stereocenters. The zero-order valence-electron chi connectivity index (χ0n) is 11.4. The summed E-state index contributed by atoms with van der Waals surface area (Å²) in [6.07, 6.45) is 1.32. The lowest BCUT2D eigenvalue weighted by molar-refractivity contribution is 0.134. The normalized spacial score (nSPS) is 18.2. The second kappa shape index (κ2) is 6.57. The van der Waals surface area contributed by atoms with Gasteiger partial charge in [-0.25, -0.2) is 4.79 Å². The topological polar surface area (TPSA) is 68.6 Å². The fourth-order valence-corrected chi connectivity index (χ4v) is 2.08. The van der Waals surface area contributed by atoms with Crippen molar-refractivity contribution in [2.75, 3.05) is 47.4 Å². The Bertz CT molecular complexity index is 317. The van der Waals surface area contributed by atoms with Gasteiger partial charge in [0.2, 0.25) is 0 Å².